The molecule has 136 valence electrons. The first-order valence-electron chi connectivity index (χ1n) is 8.75. The Morgan fingerprint density at radius 2 is 1.88 bits per heavy atom. The first-order chi connectivity index (χ1) is 12.6. The van der Waals surface area contributed by atoms with Crippen molar-refractivity contribution in [2.75, 3.05) is 35.2 Å². The molecular weight excluding hydrogens is 330 g/mol. The van der Waals surface area contributed by atoms with Gasteiger partial charge in [-0.15, -0.1) is 0 Å². The van der Waals surface area contributed by atoms with Gasteiger partial charge < -0.3 is 15.0 Å². The van der Waals surface area contributed by atoms with Crippen LogP contribution in [0.25, 0.3) is 0 Å². The van der Waals surface area contributed by atoms with Crippen molar-refractivity contribution < 1.29 is 14.3 Å². The normalized spacial score (nSPS) is 12.5. The third-order valence-electron chi connectivity index (χ3n) is 4.46. The Labute approximate surface area is 153 Å². The molecule has 1 aliphatic heterocycles. The Morgan fingerprint density at radius 1 is 1.12 bits per heavy atom. The molecule has 1 heterocycles. The quantitative estimate of drug-likeness (QED) is 0.862. The van der Waals surface area contributed by atoms with Gasteiger partial charge in [0.25, 0.3) is 0 Å². The van der Waals surface area contributed by atoms with E-state index in [9.17, 15) is 9.59 Å². The lowest BCUT2D eigenvalue weighted by Crippen LogP contribution is -2.34. The first-order valence-corrected chi connectivity index (χ1v) is 8.75. The van der Waals surface area contributed by atoms with E-state index >= 15 is 0 Å². The van der Waals surface area contributed by atoms with E-state index in [0.29, 0.717) is 18.8 Å². The lowest BCUT2D eigenvalue weighted by atomic mass is 10.1. The topological polar surface area (TPSA) is 70.7 Å². The minimum Gasteiger partial charge on any atom is -0.450 e. The summed E-state index contributed by atoms with van der Waals surface area (Å²) in [4.78, 5) is 26.1. The van der Waals surface area contributed by atoms with E-state index in [-0.39, 0.29) is 12.5 Å². The number of amides is 2. The van der Waals surface area contributed by atoms with Crippen LogP contribution in [0.3, 0.4) is 0 Å². The Balaban J connectivity index is 1.65. The monoisotopic (exact) mass is 353 g/mol. The van der Waals surface area contributed by atoms with Gasteiger partial charge in [0.15, 0.2) is 0 Å². The summed E-state index contributed by atoms with van der Waals surface area (Å²) in [6.45, 7) is 4.86. The molecule has 2 aromatic rings. The molecule has 6 nitrogen and oxygen atoms in total. The van der Waals surface area contributed by atoms with Gasteiger partial charge in [-0.05, 0) is 49.6 Å². The Bertz CT molecular complexity index is 820. The van der Waals surface area contributed by atoms with E-state index in [0.717, 1.165) is 23.4 Å². The Morgan fingerprint density at radius 3 is 2.69 bits per heavy atom. The third kappa shape index (κ3) is 3.79. The second kappa shape index (κ2) is 7.91. The van der Waals surface area contributed by atoms with Crippen LogP contribution < -0.4 is 15.5 Å². The van der Waals surface area contributed by atoms with Crippen LogP contribution in [0, 0.1) is 6.92 Å². The number of carbonyl (C=O) groups is 2. The second-order valence-electron chi connectivity index (χ2n) is 6.10. The summed E-state index contributed by atoms with van der Waals surface area (Å²) < 4.78 is 4.91. The highest BCUT2D eigenvalue weighted by molar-refractivity contribution is 5.98. The van der Waals surface area contributed by atoms with Crippen molar-refractivity contribution in [2.45, 2.75) is 20.3 Å². The number of fused-ring (bicyclic) bond motifs is 1. The number of anilines is 3. The lowest BCUT2D eigenvalue weighted by molar-refractivity contribution is -0.116. The standard InChI is InChI=1S/C20H23N3O3/c1-3-26-20(25)22-17-9-6-8-16(14(17)2)21-13-19(24)23-12-11-15-7-4-5-10-18(15)23/h4-10,21H,3,11-13H2,1-2H3,(H,22,25). The van der Waals surface area contributed by atoms with Gasteiger partial charge in [0, 0.05) is 23.6 Å². The zero-order chi connectivity index (χ0) is 18.5. The predicted octanol–water partition coefficient (Wildman–Crippen LogP) is 3.56. The van der Waals surface area contributed by atoms with E-state index in [1.165, 1.54) is 5.56 Å². The summed E-state index contributed by atoms with van der Waals surface area (Å²) in [5.74, 6) is 0.0260. The zero-order valence-electron chi connectivity index (χ0n) is 15.0. The van der Waals surface area contributed by atoms with Gasteiger partial charge in [-0.3, -0.25) is 10.1 Å². The van der Waals surface area contributed by atoms with Crippen molar-refractivity contribution in [3.05, 3.63) is 53.6 Å². The molecule has 0 radical (unpaired) electrons. The van der Waals surface area contributed by atoms with Gasteiger partial charge in [-0.2, -0.15) is 0 Å². The fourth-order valence-electron chi connectivity index (χ4n) is 3.10. The lowest BCUT2D eigenvalue weighted by Gasteiger charge is -2.19. The molecule has 0 fully saturated rings. The molecule has 0 spiro atoms. The highest BCUT2D eigenvalue weighted by atomic mass is 16.5. The number of para-hydroxylation sites is 1. The van der Waals surface area contributed by atoms with Crippen LogP contribution in [0.4, 0.5) is 21.9 Å². The Kier molecular flexibility index (Phi) is 5.41. The van der Waals surface area contributed by atoms with Gasteiger partial charge in [0.05, 0.1) is 13.2 Å². The van der Waals surface area contributed by atoms with E-state index in [1.807, 2.05) is 42.2 Å². The molecule has 0 unspecified atom stereocenters. The summed E-state index contributed by atoms with van der Waals surface area (Å²) >= 11 is 0. The minimum atomic E-state index is -0.488. The zero-order valence-corrected chi connectivity index (χ0v) is 15.0. The number of carbonyl (C=O) groups excluding carboxylic acids is 2. The number of ether oxygens (including phenoxy) is 1. The summed E-state index contributed by atoms with van der Waals surface area (Å²) in [5.41, 5.74) is 4.52. The van der Waals surface area contributed by atoms with Gasteiger partial charge in [0.1, 0.15) is 0 Å². The predicted molar refractivity (Wildman–Crippen MR) is 103 cm³/mol. The highest BCUT2D eigenvalue weighted by Crippen LogP contribution is 2.28. The number of hydrogen-bond acceptors (Lipinski definition) is 4. The molecule has 0 bridgehead atoms. The molecule has 2 N–H and O–H groups in total. The molecule has 0 saturated carbocycles. The van der Waals surface area contributed by atoms with Crippen molar-refractivity contribution in [2.24, 2.45) is 0 Å². The Hall–Kier alpha value is -3.02. The van der Waals surface area contributed by atoms with E-state index in [4.69, 9.17) is 4.74 Å². The molecule has 0 aromatic heterocycles. The van der Waals surface area contributed by atoms with Gasteiger partial charge >= 0.3 is 6.09 Å². The number of benzene rings is 2. The van der Waals surface area contributed by atoms with Crippen molar-refractivity contribution >= 4 is 29.1 Å². The number of nitrogens with zero attached hydrogens (tertiary/aromatic N) is 1. The number of nitrogens with one attached hydrogen (secondary N) is 2. The molecular formula is C20H23N3O3. The maximum absolute atomic E-state index is 12.6. The smallest absolute Gasteiger partial charge is 0.411 e. The van der Waals surface area contributed by atoms with Crippen molar-refractivity contribution in [1.82, 2.24) is 0 Å². The molecule has 0 aliphatic carbocycles. The summed E-state index contributed by atoms with van der Waals surface area (Å²) in [6.07, 6.45) is 0.400. The molecule has 3 rings (SSSR count). The fourth-order valence-corrected chi connectivity index (χ4v) is 3.10. The van der Waals surface area contributed by atoms with E-state index in [2.05, 4.69) is 16.7 Å². The maximum Gasteiger partial charge on any atom is 0.411 e. The molecule has 2 aromatic carbocycles. The molecule has 26 heavy (non-hydrogen) atoms. The van der Waals surface area contributed by atoms with Crippen LogP contribution in [-0.2, 0) is 16.0 Å². The van der Waals surface area contributed by atoms with Crippen molar-refractivity contribution in [3.63, 3.8) is 0 Å². The second-order valence-corrected chi connectivity index (χ2v) is 6.10. The molecule has 1 aliphatic rings. The summed E-state index contributed by atoms with van der Waals surface area (Å²) in [6, 6.07) is 13.5. The van der Waals surface area contributed by atoms with E-state index < -0.39 is 6.09 Å². The number of hydrogen-bond donors (Lipinski definition) is 2. The molecule has 0 saturated heterocycles. The average Bonchev–Trinajstić information content (AvgIpc) is 3.06. The SMILES string of the molecule is CCOC(=O)Nc1cccc(NCC(=O)N2CCc3ccccc32)c1C. The third-order valence-corrected chi connectivity index (χ3v) is 4.46. The molecule has 0 atom stereocenters. The van der Waals surface area contributed by atoms with Crippen LogP contribution in [0.1, 0.15) is 18.1 Å². The largest absolute Gasteiger partial charge is 0.450 e. The van der Waals surface area contributed by atoms with Crippen LogP contribution in [0.5, 0.6) is 0 Å². The van der Waals surface area contributed by atoms with Crippen molar-refractivity contribution in [3.8, 4) is 0 Å². The van der Waals surface area contributed by atoms with Crippen LogP contribution >= 0.6 is 0 Å². The summed E-state index contributed by atoms with van der Waals surface area (Å²) in [5, 5.41) is 5.89. The van der Waals surface area contributed by atoms with Crippen molar-refractivity contribution in [1.29, 1.82) is 0 Å². The molecule has 6 heteroatoms. The van der Waals surface area contributed by atoms with Gasteiger partial charge in [-0.25, -0.2) is 4.79 Å². The van der Waals surface area contributed by atoms with Crippen LogP contribution in [0.15, 0.2) is 42.5 Å². The minimum absolute atomic E-state index is 0.0260. The number of rotatable bonds is 5. The van der Waals surface area contributed by atoms with Gasteiger partial charge in [0.2, 0.25) is 5.91 Å². The average molecular weight is 353 g/mol. The summed E-state index contributed by atoms with van der Waals surface area (Å²) in [7, 11) is 0. The van der Waals surface area contributed by atoms with Crippen LogP contribution in [0.2, 0.25) is 0 Å². The first kappa shape index (κ1) is 17.8. The highest BCUT2D eigenvalue weighted by Gasteiger charge is 2.23. The van der Waals surface area contributed by atoms with E-state index in [1.54, 1.807) is 13.0 Å². The van der Waals surface area contributed by atoms with Crippen LogP contribution in [-0.4, -0.2) is 31.7 Å². The molecule has 2 amide bonds. The fraction of sp³-hybridized carbons (Fsp3) is 0.300. The maximum atomic E-state index is 12.6. The van der Waals surface area contributed by atoms with Gasteiger partial charge in [-0.1, -0.05) is 24.3 Å².